The number of carbonyl (C=O) groups excluding carboxylic acids is 6. The van der Waals surface area contributed by atoms with Gasteiger partial charge in [-0.2, -0.15) is 0 Å². The number of carboxylic acid groups (broad SMARTS) is 2. The fourth-order valence-corrected chi connectivity index (χ4v) is 8.94. The molecule has 0 unspecified atom stereocenters. The van der Waals surface area contributed by atoms with Crippen LogP contribution >= 0.6 is 23.2 Å². The van der Waals surface area contributed by atoms with Gasteiger partial charge in [-0.15, -0.1) is 0 Å². The molecule has 0 heterocycles. The first-order chi connectivity index (χ1) is 32.0. The van der Waals surface area contributed by atoms with Crippen LogP contribution in [0.5, 0.6) is 0 Å². The Morgan fingerprint density at radius 1 is 0.373 bits per heavy atom. The van der Waals surface area contributed by atoms with E-state index in [2.05, 4.69) is 24.3 Å². The normalized spacial score (nSPS) is 13.5. The van der Waals surface area contributed by atoms with Crippen molar-refractivity contribution in [3.63, 3.8) is 0 Å². The molecule has 0 saturated carbocycles. The van der Waals surface area contributed by atoms with Gasteiger partial charge in [0, 0.05) is 45.3 Å². The van der Waals surface area contributed by atoms with E-state index in [-0.39, 0.29) is 63.1 Å². The number of unbranched alkanes of at least 4 members (excludes halogenated alkanes) is 22. The van der Waals surface area contributed by atoms with Crippen molar-refractivity contribution in [2.45, 2.75) is 193 Å². The molecule has 0 amide bonds. The van der Waals surface area contributed by atoms with Gasteiger partial charge in [0.2, 0.25) is 11.6 Å². The third-order valence-corrected chi connectivity index (χ3v) is 13.0. The number of hydrogen-bond acceptors (Lipinski definition) is 8. The molecule has 0 fully saturated rings. The molecule has 0 aromatic heterocycles. The third-order valence-electron chi connectivity index (χ3n) is 12.2. The summed E-state index contributed by atoms with van der Waals surface area (Å²) >= 11 is 12.4. The summed E-state index contributed by atoms with van der Waals surface area (Å²) < 4.78 is 0. The number of fused-ring (bicyclic) bond motifs is 2. The summed E-state index contributed by atoms with van der Waals surface area (Å²) in [6.45, 7) is 0. The summed E-state index contributed by atoms with van der Waals surface area (Å²) in [5.41, 5.74) is 2.73. The zero-order valence-electron chi connectivity index (χ0n) is 39.5. The number of benzene rings is 2. The third kappa shape index (κ3) is 23.3. The molecule has 4 rings (SSSR count). The Morgan fingerprint density at radius 2 is 0.612 bits per heavy atom. The smallest absolute Gasteiger partial charge is 0.550 e. The topological polar surface area (TPSA) is 149 Å². The number of carboxylic acids is 2. The number of ketones is 4. The van der Waals surface area contributed by atoms with Crippen molar-refractivity contribution in [3.8, 4) is 0 Å². The van der Waals surface area contributed by atoms with Crippen LogP contribution in [0.1, 0.15) is 234 Å². The average molecular weight is 1010 g/mol. The van der Waals surface area contributed by atoms with Gasteiger partial charge in [0.05, 0.1) is 10.1 Å². The Hall–Kier alpha value is -3.88. The molecule has 0 spiro atoms. The van der Waals surface area contributed by atoms with Crippen molar-refractivity contribution in [2.24, 2.45) is 0 Å². The predicted molar refractivity (Wildman–Crippen MR) is 263 cm³/mol. The van der Waals surface area contributed by atoms with Crippen molar-refractivity contribution >= 4 is 58.3 Å². The van der Waals surface area contributed by atoms with Crippen LogP contribution in [0.3, 0.4) is 0 Å². The van der Waals surface area contributed by atoms with Crippen LogP contribution in [0.15, 0.2) is 94.0 Å². The minimum atomic E-state index is -0.944. The van der Waals surface area contributed by atoms with Gasteiger partial charge in [-0.05, 0) is 103 Å². The number of aliphatic carboxylic acids is 2. The standard InChI is InChI=1S/2C28H37ClO4.Cu/c2*29-26-24(27(32)22-18-16-17-19-23(22)28(26)33)20-14-12-10-8-6-4-2-1-3-5-7-9-11-13-15-21-25(30)31;/h2*1,3,16-19H,2,4-15,20-21H2,(H,30,31);/q;;+2/p-2/b2*3-1-;. The Bertz CT molecular complexity index is 1860. The molecule has 2 aliphatic carbocycles. The second kappa shape index (κ2) is 36.2. The summed E-state index contributed by atoms with van der Waals surface area (Å²) in [5.74, 6) is -2.55. The predicted octanol–water partition coefficient (Wildman–Crippen LogP) is 13.4. The molecular weight excluding hydrogens is 935 g/mol. The van der Waals surface area contributed by atoms with E-state index < -0.39 is 11.9 Å². The zero-order valence-corrected chi connectivity index (χ0v) is 41.9. The fourth-order valence-electron chi connectivity index (χ4n) is 8.38. The van der Waals surface area contributed by atoms with Gasteiger partial charge in [-0.1, -0.05) is 186 Å². The van der Waals surface area contributed by atoms with Crippen LogP contribution in [0.2, 0.25) is 0 Å². The Labute approximate surface area is 421 Å². The molecule has 11 heteroatoms. The summed E-state index contributed by atoms with van der Waals surface area (Å²) in [6.07, 6.45) is 38.5. The maximum Gasteiger partial charge on any atom is 2.00 e. The molecule has 8 nitrogen and oxygen atoms in total. The molecular formula is C56H72Cl2CuO8. The summed E-state index contributed by atoms with van der Waals surface area (Å²) in [4.78, 5) is 70.8. The minimum absolute atomic E-state index is 0. The van der Waals surface area contributed by atoms with Crippen molar-refractivity contribution in [1.82, 2.24) is 0 Å². The van der Waals surface area contributed by atoms with Gasteiger partial charge in [0.1, 0.15) is 0 Å². The van der Waals surface area contributed by atoms with Gasteiger partial charge in [0.25, 0.3) is 0 Å². The van der Waals surface area contributed by atoms with Gasteiger partial charge in [-0.3, -0.25) is 19.2 Å². The molecule has 2 aliphatic rings. The first kappa shape index (κ1) is 59.2. The van der Waals surface area contributed by atoms with Gasteiger partial charge >= 0.3 is 17.1 Å². The number of allylic oxidation sites excluding steroid dienone is 8. The van der Waals surface area contributed by atoms with Gasteiger partial charge in [0.15, 0.2) is 11.6 Å². The molecule has 369 valence electrons. The molecule has 0 aliphatic heterocycles. The van der Waals surface area contributed by atoms with Gasteiger partial charge < -0.3 is 19.8 Å². The Balaban J connectivity index is 0.000000453. The van der Waals surface area contributed by atoms with Crippen LogP contribution in [-0.4, -0.2) is 35.1 Å². The maximum absolute atomic E-state index is 12.7. The molecule has 0 saturated heterocycles. The van der Waals surface area contributed by atoms with Crippen molar-refractivity contribution in [2.75, 3.05) is 0 Å². The Kier molecular flexibility index (Phi) is 32.0. The van der Waals surface area contributed by atoms with Crippen LogP contribution in [-0.2, 0) is 26.7 Å². The van der Waals surface area contributed by atoms with Crippen LogP contribution in [0.4, 0.5) is 0 Å². The Morgan fingerprint density at radius 3 is 0.896 bits per heavy atom. The first-order valence-electron chi connectivity index (χ1n) is 24.9. The first-order valence-corrected chi connectivity index (χ1v) is 25.6. The molecule has 0 bridgehead atoms. The van der Waals surface area contributed by atoms with Crippen LogP contribution < -0.4 is 10.2 Å². The molecule has 0 N–H and O–H groups in total. The maximum atomic E-state index is 12.7. The zero-order chi connectivity index (χ0) is 47.8. The average Bonchev–Trinajstić information content (AvgIpc) is 3.31. The van der Waals surface area contributed by atoms with Gasteiger partial charge in [-0.25, -0.2) is 0 Å². The van der Waals surface area contributed by atoms with E-state index in [1.165, 1.54) is 51.4 Å². The molecule has 67 heavy (non-hydrogen) atoms. The van der Waals surface area contributed by atoms with E-state index >= 15 is 0 Å². The number of halogens is 2. The van der Waals surface area contributed by atoms with E-state index in [1.807, 2.05) is 0 Å². The molecule has 0 atom stereocenters. The monoisotopic (exact) mass is 1010 g/mol. The van der Waals surface area contributed by atoms with E-state index in [1.54, 1.807) is 48.5 Å². The quantitative estimate of drug-likeness (QED) is 0.0382. The van der Waals surface area contributed by atoms with Crippen LogP contribution in [0, 0.1) is 0 Å². The summed E-state index contributed by atoms with van der Waals surface area (Å²) in [5, 5.41) is 20.8. The van der Waals surface area contributed by atoms with Crippen molar-refractivity contribution in [1.29, 1.82) is 0 Å². The van der Waals surface area contributed by atoms with Crippen LogP contribution in [0.25, 0.3) is 0 Å². The minimum Gasteiger partial charge on any atom is -0.550 e. The SMILES string of the molecule is O=C([O-])CCCCCCC/C=C\CCCCCCCCC1=C(Cl)C(=O)c2ccccc2C1=O.O=C([O-])CCCCCCC/C=C\CCCCCCCCC1=C(Cl)C(=O)c2ccccc2C1=O.[Cu+2]. The summed E-state index contributed by atoms with van der Waals surface area (Å²) in [6, 6.07) is 13.8. The number of Topliss-reactive ketones (excluding diaryl/α,β-unsaturated/α-hetero) is 4. The number of hydrogen-bond donors (Lipinski definition) is 0. The van der Waals surface area contributed by atoms with E-state index in [0.29, 0.717) is 46.2 Å². The van der Waals surface area contributed by atoms with E-state index in [0.717, 1.165) is 116 Å². The fraction of sp³-hybridized carbons (Fsp3) is 0.536. The summed E-state index contributed by atoms with van der Waals surface area (Å²) in [7, 11) is 0. The van der Waals surface area contributed by atoms with Crippen molar-refractivity contribution in [3.05, 3.63) is 116 Å². The van der Waals surface area contributed by atoms with E-state index in [4.69, 9.17) is 23.2 Å². The van der Waals surface area contributed by atoms with Crippen molar-refractivity contribution < 1.29 is 56.0 Å². The molecule has 2 aromatic rings. The van der Waals surface area contributed by atoms with E-state index in [9.17, 15) is 39.0 Å². The molecule has 2 aromatic carbocycles. The molecule has 1 radical (unpaired) electrons. The number of rotatable bonds is 34. The number of carbonyl (C=O) groups is 6. The second-order valence-electron chi connectivity index (χ2n) is 17.6. The second-order valence-corrected chi connectivity index (χ2v) is 18.4. The largest absolute Gasteiger partial charge is 2.00 e.